The van der Waals surface area contributed by atoms with Gasteiger partial charge in [0.1, 0.15) is 5.75 Å². The summed E-state index contributed by atoms with van der Waals surface area (Å²) >= 11 is 0. The SMILES string of the molecule is CN(C)N=Nc1nc[nH]c1C(N)=O.C[C@]12CC[C@@H]3c4ccc(O)cc4C[C@@H](CCCCCCCCCS(=O)CCCC(F)(F)C(F)(F)F)[C@H]3[C@@H]1CC[C@@H]2O. The van der Waals surface area contributed by atoms with Gasteiger partial charge in [-0.25, -0.2) is 4.98 Å². The molecule has 3 aliphatic rings. The Morgan fingerprint density at radius 3 is 2.37 bits per heavy atom. The van der Waals surface area contributed by atoms with Crippen LogP contribution in [0.2, 0.25) is 0 Å². The fourth-order valence-corrected chi connectivity index (χ4v) is 10.2. The number of alkyl halides is 5. The van der Waals surface area contributed by atoms with E-state index in [1.54, 1.807) is 14.1 Å². The molecular weight excluding hydrogens is 732 g/mol. The first-order valence-corrected chi connectivity index (χ1v) is 20.6. The van der Waals surface area contributed by atoms with Crippen LogP contribution in [-0.2, 0) is 17.2 Å². The maximum atomic E-state index is 13.0. The number of imidazole rings is 1. The number of benzene rings is 1. The van der Waals surface area contributed by atoms with Crippen LogP contribution >= 0.6 is 0 Å². The number of carbonyl (C=O) groups is 1. The van der Waals surface area contributed by atoms with E-state index in [-0.39, 0.29) is 28.8 Å². The lowest BCUT2D eigenvalue weighted by Gasteiger charge is -2.53. The molecule has 3 aliphatic carbocycles. The number of primary amides is 1. The lowest BCUT2D eigenvalue weighted by atomic mass is 9.52. The number of aliphatic hydroxyl groups excluding tert-OH is 1. The van der Waals surface area contributed by atoms with Gasteiger partial charge in [0.15, 0.2) is 5.69 Å². The molecule has 0 bridgehead atoms. The summed E-state index contributed by atoms with van der Waals surface area (Å²) in [5.74, 6) is -2.32. The number of unbranched alkanes of at least 4 members (excludes halogenated alkanes) is 6. The fraction of sp³-hybridized carbons (Fsp3) is 0.737. The molecule has 7 atom stereocenters. The molecule has 304 valence electrons. The summed E-state index contributed by atoms with van der Waals surface area (Å²) in [6, 6.07) is 5.92. The van der Waals surface area contributed by atoms with Crippen molar-refractivity contribution < 1.29 is 41.2 Å². The van der Waals surface area contributed by atoms with E-state index in [1.165, 1.54) is 22.5 Å². The first kappa shape index (κ1) is 43.6. The predicted molar refractivity (Wildman–Crippen MR) is 198 cm³/mol. The normalized spacial score (nSPS) is 25.7. The second kappa shape index (κ2) is 19.1. The van der Waals surface area contributed by atoms with Crippen LogP contribution in [0.15, 0.2) is 34.9 Å². The minimum Gasteiger partial charge on any atom is -0.508 e. The van der Waals surface area contributed by atoms with Gasteiger partial charge in [-0.3, -0.25) is 14.0 Å². The van der Waals surface area contributed by atoms with Crippen molar-refractivity contribution in [3.8, 4) is 5.75 Å². The first-order chi connectivity index (χ1) is 25.4. The van der Waals surface area contributed by atoms with E-state index >= 15 is 0 Å². The summed E-state index contributed by atoms with van der Waals surface area (Å²) in [6.45, 7) is 2.30. The summed E-state index contributed by atoms with van der Waals surface area (Å²) in [7, 11) is 2.06. The van der Waals surface area contributed by atoms with Crippen LogP contribution in [0, 0.1) is 23.2 Å². The van der Waals surface area contributed by atoms with E-state index in [2.05, 4.69) is 33.3 Å². The minimum absolute atomic E-state index is 0.0195. The van der Waals surface area contributed by atoms with Gasteiger partial charge < -0.3 is 20.9 Å². The molecule has 16 heteroatoms. The van der Waals surface area contributed by atoms with E-state index in [9.17, 15) is 41.2 Å². The molecule has 10 nitrogen and oxygen atoms in total. The molecule has 1 unspecified atom stereocenters. The molecule has 54 heavy (non-hydrogen) atoms. The fourth-order valence-electron chi connectivity index (χ4n) is 8.96. The number of phenolic OH excluding ortho intramolecular Hbond substituents is 1. The standard InChI is InChI=1S/C32H47F5O3S.C6H10N6O/c1-30-17-15-26-25-12-11-24(38)21-23(25)20-22(29(26)27(30)13-14-28(30)39)10-7-5-3-2-4-6-8-18-41(40)19-9-16-31(33,34)32(35,36)37;1-12(2)11-10-6-4(5(7)13)8-3-9-6/h11-12,21-22,26-29,38-39H,2-10,13-20H2,1H3;3H,1-2H3,(H2,7,13)(H,8,9)/t22-,26-,27+,28+,29-,30+,41?;/m1./s1. The van der Waals surface area contributed by atoms with Gasteiger partial charge in [0.25, 0.3) is 5.91 Å². The number of hydrogen-bond donors (Lipinski definition) is 4. The van der Waals surface area contributed by atoms with Crippen molar-refractivity contribution in [1.29, 1.82) is 0 Å². The van der Waals surface area contributed by atoms with E-state index in [0.29, 0.717) is 41.6 Å². The maximum Gasteiger partial charge on any atom is 0.453 e. The third-order valence-corrected chi connectivity index (χ3v) is 13.2. The van der Waals surface area contributed by atoms with Crippen LogP contribution in [0.25, 0.3) is 0 Å². The summed E-state index contributed by atoms with van der Waals surface area (Å²) in [5.41, 5.74) is 7.92. The number of nitrogens with one attached hydrogen (secondary N) is 1. The van der Waals surface area contributed by atoms with E-state index < -0.39 is 41.6 Å². The highest BCUT2D eigenvalue weighted by Crippen LogP contribution is 2.62. The Labute approximate surface area is 317 Å². The molecule has 2 fully saturated rings. The number of fused-ring (bicyclic) bond motifs is 5. The van der Waals surface area contributed by atoms with Crippen molar-refractivity contribution in [2.75, 3.05) is 25.6 Å². The van der Waals surface area contributed by atoms with Crippen molar-refractivity contribution in [3.05, 3.63) is 41.3 Å². The number of aromatic amines is 1. The quantitative estimate of drug-likeness (QED) is 0.0544. The summed E-state index contributed by atoms with van der Waals surface area (Å²) in [6.07, 6.45) is 7.31. The Morgan fingerprint density at radius 1 is 1.04 bits per heavy atom. The Kier molecular flexibility index (Phi) is 15.4. The molecule has 0 radical (unpaired) electrons. The molecule has 1 aromatic carbocycles. The average Bonchev–Trinajstić information content (AvgIpc) is 3.70. The van der Waals surface area contributed by atoms with Crippen LogP contribution < -0.4 is 5.73 Å². The van der Waals surface area contributed by atoms with E-state index in [4.69, 9.17) is 5.73 Å². The number of carbonyl (C=O) groups excluding carboxylic acids is 1. The zero-order chi connectivity index (χ0) is 39.7. The number of hydrogen-bond acceptors (Lipinski definition) is 7. The second-order valence-electron chi connectivity index (χ2n) is 15.7. The molecule has 2 aromatic rings. The highest BCUT2D eigenvalue weighted by atomic mass is 32.2. The number of aliphatic hydroxyl groups is 1. The molecule has 1 amide bonds. The number of nitrogens with two attached hydrogens (primary N) is 1. The van der Waals surface area contributed by atoms with Gasteiger partial charge in [-0.15, -0.1) is 5.11 Å². The third-order valence-electron chi connectivity index (χ3n) is 11.7. The molecule has 5 N–H and O–H groups in total. The average molecular weight is 789 g/mol. The number of aromatic hydroxyl groups is 1. The van der Waals surface area contributed by atoms with Crippen LogP contribution in [0.5, 0.6) is 5.75 Å². The van der Waals surface area contributed by atoms with Gasteiger partial charge >= 0.3 is 12.1 Å². The molecule has 0 aliphatic heterocycles. The van der Waals surface area contributed by atoms with Gasteiger partial charge in [-0.1, -0.05) is 56.7 Å². The predicted octanol–water partition coefficient (Wildman–Crippen LogP) is 8.75. The zero-order valence-electron chi connectivity index (χ0n) is 31.6. The summed E-state index contributed by atoms with van der Waals surface area (Å²) in [4.78, 5) is 17.1. The molecule has 5 rings (SSSR count). The number of nitrogens with zero attached hydrogens (tertiary/aromatic N) is 4. The Bertz CT molecular complexity index is 1570. The topological polar surface area (TPSA) is 157 Å². The molecule has 2 saturated carbocycles. The van der Waals surface area contributed by atoms with Crippen molar-refractivity contribution in [2.45, 2.75) is 127 Å². The van der Waals surface area contributed by atoms with Gasteiger partial charge in [0.2, 0.25) is 5.82 Å². The number of phenols is 1. The lowest BCUT2D eigenvalue weighted by Crippen LogP contribution is -2.47. The Hall–Kier alpha value is -3.14. The maximum absolute atomic E-state index is 13.0. The van der Waals surface area contributed by atoms with Crippen LogP contribution in [0.4, 0.5) is 27.8 Å². The highest BCUT2D eigenvalue weighted by Gasteiger charge is 2.57. The largest absolute Gasteiger partial charge is 0.508 e. The van der Waals surface area contributed by atoms with Gasteiger partial charge in [-0.2, -0.15) is 22.0 Å². The molecule has 0 saturated heterocycles. The monoisotopic (exact) mass is 788 g/mol. The molecule has 0 spiro atoms. The summed E-state index contributed by atoms with van der Waals surface area (Å²) in [5, 5.41) is 29.8. The molecular formula is C38H57F5N6O4S. The van der Waals surface area contributed by atoms with Crippen LogP contribution in [0.3, 0.4) is 0 Å². The van der Waals surface area contributed by atoms with E-state index in [1.807, 2.05) is 12.1 Å². The molecule has 1 heterocycles. The Morgan fingerprint density at radius 2 is 1.70 bits per heavy atom. The van der Waals surface area contributed by atoms with Crippen LogP contribution in [0.1, 0.15) is 124 Å². The third kappa shape index (κ3) is 11.2. The smallest absolute Gasteiger partial charge is 0.453 e. The zero-order valence-corrected chi connectivity index (χ0v) is 32.4. The van der Waals surface area contributed by atoms with Crippen molar-refractivity contribution in [1.82, 2.24) is 15.0 Å². The molecule has 1 aromatic heterocycles. The van der Waals surface area contributed by atoms with Gasteiger partial charge in [0, 0.05) is 42.8 Å². The van der Waals surface area contributed by atoms with E-state index in [0.717, 1.165) is 77.0 Å². The number of H-pyrrole nitrogens is 1. The number of aromatic nitrogens is 2. The lowest BCUT2D eigenvalue weighted by molar-refractivity contribution is -0.284. The van der Waals surface area contributed by atoms with Gasteiger partial charge in [0.05, 0.1) is 12.4 Å². The van der Waals surface area contributed by atoms with Gasteiger partial charge in [-0.05, 0) is 104 Å². The van der Waals surface area contributed by atoms with Crippen LogP contribution in [-0.4, -0.2) is 79.1 Å². The summed E-state index contributed by atoms with van der Waals surface area (Å²) < 4.78 is 74.5. The van der Waals surface area contributed by atoms with Crippen molar-refractivity contribution >= 4 is 22.5 Å². The second-order valence-corrected chi connectivity index (χ2v) is 17.4. The highest BCUT2D eigenvalue weighted by molar-refractivity contribution is 7.84. The first-order valence-electron chi connectivity index (χ1n) is 19.2. The van der Waals surface area contributed by atoms with Crippen molar-refractivity contribution in [2.24, 2.45) is 39.2 Å². The Balaban J connectivity index is 0.000000422. The number of rotatable bonds is 17. The van der Waals surface area contributed by atoms with Crippen molar-refractivity contribution in [3.63, 3.8) is 0 Å². The minimum atomic E-state index is -5.54. The number of halogens is 5. The number of amides is 1.